The van der Waals surface area contributed by atoms with Gasteiger partial charge in [-0.15, -0.1) is 0 Å². The van der Waals surface area contributed by atoms with Gasteiger partial charge in [-0.2, -0.15) is 0 Å². The molecule has 0 radical (unpaired) electrons. The molecule has 2 unspecified atom stereocenters. The van der Waals surface area contributed by atoms with Crippen LogP contribution in [0.1, 0.15) is 24.5 Å². The van der Waals surface area contributed by atoms with Crippen LogP contribution in [0, 0.1) is 13.8 Å². The van der Waals surface area contributed by atoms with E-state index < -0.39 is 6.04 Å². The van der Waals surface area contributed by atoms with E-state index in [2.05, 4.69) is 10.6 Å². The first kappa shape index (κ1) is 13.4. The largest absolute Gasteiger partial charge is 0.461 e. The van der Waals surface area contributed by atoms with E-state index >= 15 is 0 Å². The quantitative estimate of drug-likeness (QED) is 0.802. The molecule has 0 saturated carbocycles. The molecule has 2 amide bonds. The maximum atomic E-state index is 11.9. The minimum Gasteiger partial charge on any atom is -0.461 e. The van der Waals surface area contributed by atoms with Gasteiger partial charge in [0.2, 0.25) is 0 Å². The SMILES string of the molecule is Cc1cccc(C)c1NC(=O)NC1CC(C)OC1=O. The topological polar surface area (TPSA) is 67.4 Å². The Morgan fingerprint density at radius 3 is 2.47 bits per heavy atom. The number of amides is 2. The van der Waals surface area contributed by atoms with E-state index in [1.807, 2.05) is 39.0 Å². The highest BCUT2D eigenvalue weighted by atomic mass is 16.6. The molecule has 0 bridgehead atoms. The number of nitrogens with one attached hydrogen (secondary N) is 2. The van der Waals surface area contributed by atoms with Crippen LogP contribution in [-0.2, 0) is 9.53 Å². The van der Waals surface area contributed by atoms with E-state index in [9.17, 15) is 9.59 Å². The number of carbonyl (C=O) groups is 2. The molecule has 0 spiro atoms. The first-order valence-corrected chi connectivity index (χ1v) is 6.31. The number of ether oxygens (including phenoxy) is 1. The van der Waals surface area contributed by atoms with E-state index in [1.165, 1.54) is 0 Å². The molecule has 0 aliphatic carbocycles. The van der Waals surface area contributed by atoms with Crippen molar-refractivity contribution in [1.82, 2.24) is 5.32 Å². The molecule has 2 rings (SSSR count). The zero-order chi connectivity index (χ0) is 14.0. The number of urea groups is 1. The number of aryl methyl sites for hydroxylation is 2. The first-order valence-electron chi connectivity index (χ1n) is 6.31. The Labute approximate surface area is 112 Å². The van der Waals surface area contributed by atoms with Crippen molar-refractivity contribution in [3.8, 4) is 0 Å². The predicted molar refractivity (Wildman–Crippen MR) is 72.0 cm³/mol. The number of anilines is 1. The molecular weight excluding hydrogens is 244 g/mol. The molecular formula is C14H18N2O3. The molecule has 5 heteroatoms. The second kappa shape index (κ2) is 5.30. The lowest BCUT2D eigenvalue weighted by Gasteiger charge is -2.14. The van der Waals surface area contributed by atoms with Gasteiger partial charge in [-0.3, -0.25) is 0 Å². The highest BCUT2D eigenvalue weighted by Gasteiger charge is 2.32. The van der Waals surface area contributed by atoms with Crippen molar-refractivity contribution in [2.45, 2.75) is 39.3 Å². The van der Waals surface area contributed by atoms with E-state index in [1.54, 1.807) is 0 Å². The summed E-state index contributed by atoms with van der Waals surface area (Å²) in [6.07, 6.45) is 0.372. The molecule has 1 aromatic carbocycles. The van der Waals surface area contributed by atoms with Crippen LogP contribution in [0.25, 0.3) is 0 Å². The second-order valence-corrected chi connectivity index (χ2v) is 4.90. The van der Waals surface area contributed by atoms with Gasteiger partial charge >= 0.3 is 12.0 Å². The Hall–Kier alpha value is -2.04. The fourth-order valence-electron chi connectivity index (χ4n) is 2.19. The number of cyclic esters (lactones) is 1. The van der Waals surface area contributed by atoms with Gasteiger partial charge in [0.05, 0.1) is 0 Å². The highest BCUT2D eigenvalue weighted by molar-refractivity contribution is 5.94. The normalized spacial score (nSPS) is 21.9. The molecule has 102 valence electrons. The predicted octanol–water partition coefficient (Wildman–Crippen LogP) is 2.13. The van der Waals surface area contributed by atoms with Crippen molar-refractivity contribution in [2.24, 2.45) is 0 Å². The van der Waals surface area contributed by atoms with E-state index in [-0.39, 0.29) is 18.1 Å². The van der Waals surface area contributed by atoms with Gasteiger partial charge in [-0.1, -0.05) is 18.2 Å². The molecule has 19 heavy (non-hydrogen) atoms. The molecule has 1 fully saturated rings. The third-order valence-corrected chi connectivity index (χ3v) is 3.19. The van der Waals surface area contributed by atoms with Gasteiger partial charge in [0.1, 0.15) is 12.1 Å². The Balaban J connectivity index is 2.00. The number of benzene rings is 1. The summed E-state index contributed by atoms with van der Waals surface area (Å²) in [5.41, 5.74) is 2.74. The molecule has 1 aliphatic heterocycles. The number of esters is 1. The smallest absolute Gasteiger partial charge is 0.329 e. The number of rotatable bonds is 2. The van der Waals surface area contributed by atoms with E-state index in [0.29, 0.717) is 6.42 Å². The van der Waals surface area contributed by atoms with E-state index in [4.69, 9.17) is 4.74 Å². The van der Waals surface area contributed by atoms with Crippen LogP contribution in [0.5, 0.6) is 0 Å². The molecule has 2 N–H and O–H groups in total. The average molecular weight is 262 g/mol. The molecule has 1 heterocycles. The lowest BCUT2D eigenvalue weighted by Crippen LogP contribution is -2.40. The van der Waals surface area contributed by atoms with Crippen LogP contribution < -0.4 is 10.6 Å². The van der Waals surface area contributed by atoms with Gasteiger partial charge < -0.3 is 15.4 Å². The molecule has 0 aromatic heterocycles. The Bertz CT molecular complexity index is 493. The molecule has 5 nitrogen and oxygen atoms in total. The van der Waals surface area contributed by atoms with Crippen molar-refractivity contribution in [1.29, 1.82) is 0 Å². The zero-order valence-corrected chi connectivity index (χ0v) is 11.3. The maximum Gasteiger partial charge on any atom is 0.329 e. The average Bonchev–Trinajstić information content (AvgIpc) is 2.63. The van der Waals surface area contributed by atoms with Crippen LogP contribution in [0.2, 0.25) is 0 Å². The fraction of sp³-hybridized carbons (Fsp3) is 0.429. The maximum absolute atomic E-state index is 11.9. The van der Waals surface area contributed by atoms with Crippen LogP contribution >= 0.6 is 0 Å². The summed E-state index contributed by atoms with van der Waals surface area (Å²) in [6.45, 7) is 5.66. The van der Waals surface area contributed by atoms with Crippen LogP contribution in [0.4, 0.5) is 10.5 Å². The summed E-state index contributed by atoms with van der Waals surface area (Å²) < 4.78 is 4.99. The molecule has 1 saturated heterocycles. The summed E-state index contributed by atoms with van der Waals surface area (Å²) in [4.78, 5) is 23.3. The fourth-order valence-corrected chi connectivity index (χ4v) is 2.19. The second-order valence-electron chi connectivity index (χ2n) is 4.90. The van der Waals surface area contributed by atoms with Crippen LogP contribution in [-0.4, -0.2) is 24.1 Å². The van der Waals surface area contributed by atoms with Gasteiger partial charge in [0, 0.05) is 12.1 Å². The lowest BCUT2D eigenvalue weighted by atomic mass is 10.1. The Morgan fingerprint density at radius 1 is 1.32 bits per heavy atom. The van der Waals surface area contributed by atoms with Gasteiger partial charge in [-0.25, -0.2) is 9.59 Å². The number of carbonyl (C=O) groups excluding carboxylic acids is 2. The Kier molecular flexibility index (Phi) is 3.74. The van der Waals surface area contributed by atoms with Crippen molar-refractivity contribution in [3.05, 3.63) is 29.3 Å². The van der Waals surface area contributed by atoms with E-state index in [0.717, 1.165) is 16.8 Å². The minimum atomic E-state index is -0.556. The Morgan fingerprint density at radius 2 is 1.95 bits per heavy atom. The van der Waals surface area contributed by atoms with Crippen molar-refractivity contribution < 1.29 is 14.3 Å². The van der Waals surface area contributed by atoms with Gasteiger partial charge in [0.15, 0.2) is 0 Å². The zero-order valence-electron chi connectivity index (χ0n) is 11.3. The molecule has 1 aliphatic rings. The highest BCUT2D eigenvalue weighted by Crippen LogP contribution is 2.19. The van der Waals surface area contributed by atoms with Crippen LogP contribution in [0.15, 0.2) is 18.2 Å². The van der Waals surface area contributed by atoms with Gasteiger partial charge in [0.25, 0.3) is 0 Å². The third kappa shape index (κ3) is 3.05. The molecule has 1 aromatic rings. The lowest BCUT2D eigenvalue weighted by molar-refractivity contribution is -0.142. The minimum absolute atomic E-state index is 0.141. The molecule has 2 atom stereocenters. The van der Waals surface area contributed by atoms with Crippen molar-refractivity contribution >= 4 is 17.7 Å². The van der Waals surface area contributed by atoms with Crippen molar-refractivity contribution in [3.63, 3.8) is 0 Å². The van der Waals surface area contributed by atoms with Crippen molar-refractivity contribution in [2.75, 3.05) is 5.32 Å². The first-order chi connectivity index (χ1) is 8.97. The summed E-state index contributed by atoms with van der Waals surface area (Å²) in [7, 11) is 0. The number of hydrogen-bond acceptors (Lipinski definition) is 3. The standard InChI is InChI=1S/C14H18N2O3/c1-8-5-4-6-9(2)12(8)16-14(18)15-11-7-10(3)19-13(11)17/h4-6,10-11H,7H2,1-3H3,(H2,15,16,18). The summed E-state index contributed by atoms with van der Waals surface area (Å²) >= 11 is 0. The summed E-state index contributed by atoms with van der Waals surface area (Å²) in [5, 5.41) is 5.42. The number of para-hydroxylation sites is 1. The van der Waals surface area contributed by atoms with Crippen LogP contribution in [0.3, 0.4) is 0 Å². The summed E-state index contributed by atoms with van der Waals surface area (Å²) in [6, 6.07) is 4.85. The van der Waals surface area contributed by atoms with Gasteiger partial charge in [-0.05, 0) is 31.9 Å². The number of hydrogen-bond donors (Lipinski definition) is 2. The monoisotopic (exact) mass is 262 g/mol. The summed E-state index contributed by atoms with van der Waals surface area (Å²) in [5.74, 6) is -0.371. The third-order valence-electron chi connectivity index (χ3n) is 3.19.